The molecule has 0 aliphatic rings. The molecular weight excluding hydrogens is 271 g/mol. The Morgan fingerprint density at radius 1 is 1.25 bits per heavy atom. The quantitative estimate of drug-likeness (QED) is 0.888. The molecule has 0 bridgehead atoms. The molecule has 1 aromatic heterocycles. The molecule has 0 radical (unpaired) electrons. The topological polar surface area (TPSA) is 57.8 Å². The number of aryl methyl sites for hydroxylation is 1. The number of carbonyl (C=O) groups is 1. The van der Waals surface area contributed by atoms with Gasteiger partial charge < -0.3 is 5.32 Å². The first-order chi connectivity index (χ1) is 9.30. The molecule has 106 valence electrons. The molecule has 1 amide bonds. The van der Waals surface area contributed by atoms with Crippen LogP contribution >= 0.6 is 0 Å². The number of aromatic nitrogens is 2. The van der Waals surface area contributed by atoms with Gasteiger partial charge in [0.15, 0.2) is 5.82 Å². The number of alkyl halides is 3. The fourth-order valence-electron chi connectivity index (χ4n) is 1.71. The van der Waals surface area contributed by atoms with E-state index in [-0.39, 0.29) is 5.82 Å². The van der Waals surface area contributed by atoms with Crippen molar-refractivity contribution in [2.24, 2.45) is 0 Å². The smallest absolute Gasteiger partial charge is 0.305 e. The van der Waals surface area contributed by atoms with E-state index in [1.165, 1.54) is 12.1 Å². The van der Waals surface area contributed by atoms with Gasteiger partial charge in [0.25, 0.3) is 5.91 Å². The molecule has 1 aromatic carbocycles. The predicted octanol–water partition coefficient (Wildman–Crippen LogP) is 3.30. The van der Waals surface area contributed by atoms with Gasteiger partial charge in [0.1, 0.15) is 0 Å². The van der Waals surface area contributed by atoms with Crippen LogP contribution in [0.4, 0.5) is 19.0 Å². The normalized spacial score (nSPS) is 11.4. The lowest BCUT2D eigenvalue weighted by Gasteiger charge is -2.12. The standard InChI is InChI=1S/C13H12F3N3O/c1-7-8(2)18-19-11(7)17-12(20)9-5-3-4-6-10(9)13(14,15)16/h3-6H,1-2H3,(H2,17,18,19,20). The number of anilines is 1. The van der Waals surface area contributed by atoms with Crippen molar-refractivity contribution in [3.05, 3.63) is 46.6 Å². The number of hydrogen-bond acceptors (Lipinski definition) is 2. The van der Waals surface area contributed by atoms with Crippen LogP contribution in [-0.4, -0.2) is 16.1 Å². The molecule has 1 heterocycles. The van der Waals surface area contributed by atoms with Crippen molar-refractivity contribution in [3.63, 3.8) is 0 Å². The number of carbonyl (C=O) groups excluding carboxylic acids is 1. The third-order valence-electron chi connectivity index (χ3n) is 2.96. The maximum absolute atomic E-state index is 12.8. The highest BCUT2D eigenvalue weighted by Crippen LogP contribution is 2.32. The zero-order valence-electron chi connectivity index (χ0n) is 10.8. The number of aromatic amines is 1. The van der Waals surface area contributed by atoms with E-state index in [9.17, 15) is 18.0 Å². The molecule has 0 unspecified atom stereocenters. The molecular formula is C13H12F3N3O. The largest absolute Gasteiger partial charge is 0.417 e. The van der Waals surface area contributed by atoms with Crippen LogP contribution in [0.3, 0.4) is 0 Å². The van der Waals surface area contributed by atoms with E-state index in [1.807, 2.05) is 0 Å². The molecule has 7 heteroatoms. The van der Waals surface area contributed by atoms with E-state index < -0.39 is 23.2 Å². The molecule has 0 spiro atoms. The van der Waals surface area contributed by atoms with Crippen molar-refractivity contribution in [2.75, 3.05) is 5.32 Å². The van der Waals surface area contributed by atoms with Crippen LogP contribution in [0.5, 0.6) is 0 Å². The summed E-state index contributed by atoms with van der Waals surface area (Å²) in [4.78, 5) is 12.0. The molecule has 2 aromatic rings. The first kappa shape index (κ1) is 14.1. The number of H-pyrrole nitrogens is 1. The summed E-state index contributed by atoms with van der Waals surface area (Å²) in [6.07, 6.45) is -4.58. The summed E-state index contributed by atoms with van der Waals surface area (Å²) in [5, 5.41) is 8.86. The van der Waals surface area contributed by atoms with Crippen LogP contribution in [0.15, 0.2) is 24.3 Å². The van der Waals surface area contributed by atoms with Gasteiger partial charge in [-0.2, -0.15) is 18.3 Å². The Morgan fingerprint density at radius 2 is 1.90 bits per heavy atom. The molecule has 0 aliphatic carbocycles. The minimum Gasteiger partial charge on any atom is -0.305 e. The highest BCUT2D eigenvalue weighted by atomic mass is 19.4. The minimum absolute atomic E-state index is 0.226. The van der Waals surface area contributed by atoms with Crippen LogP contribution in [0.1, 0.15) is 27.2 Å². The van der Waals surface area contributed by atoms with Crippen LogP contribution in [0.25, 0.3) is 0 Å². The molecule has 0 saturated carbocycles. The number of halogens is 3. The van der Waals surface area contributed by atoms with E-state index in [2.05, 4.69) is 15.5 Å². The van der Waals surface area contributed by atoms with Gasteiger partial charge in [-0.1, -0.05) is 12.1 Å². The summed E-state index contributed by atoms with van der Waals surface area (Å²) in [6.45, 7) is 3.46. The number of nitrogens with one attached hydrogen (secondary N) is 2. The number of amides is 1. The number of hydrogen-bond donors (Lipinski definition) is 2. The van der Waals surface area contributed by atoms with Gasteiger partial charge in [-0.15, -0.1) is 0 Å². The maximum Gasteiger partial charge on any atom is 0.417 e. The second-order valence-electron chi connectivity index (χ2n) is 4.32. The summed E-state index contributed by atoms with van der Waals surface area (Å²) in [5.74, 6) is -0.614. The Morgan fingerprint density at radius 3 is 2.45 bits per heavy atom. The molecule has 0 saturated heterocycles. The lowest BCUT2D eigenvalue weighted by Crippen LogP contribution is -2.19. The lowest BCUT2D eigenvalue weighted by molar-refractivity contribution is -0.137. The predicted molar refractivity (Wildman–Crippen MR) is 67.5 cm³/mol. The summed E-state index contributed by atoms with van der Waals surface area (Å²) < 4.78 is 38.5. The Labute approximate surface area is 113 Å². The Hall–Kier alpha value is -2.31. The summed E-state index contributed by atoms with van der Waals surface area (Å²) >= 11 is 0. The van der Waals surface area contributed by atoms with Gasteiger partial charge in [-0.3, -0.25) is 9.89 Å². The highest BCUT2D eigenvalue weighted by Gasteiger charge is 2.35. The fourth-order valence-corrected chi connectivity index (χ4v) is 1.71. The van der Waals surface area contributed by atoms with Crippen molar-refractivity contribution in [2.45, 2.75) is 20.0 Å². The molecule has 0 atom stereocenters. The molecule has 20 heavy (non-hydrogen) atoms. The SMILES string of the molecule is Cc1[nH]nc(NC(=O)c2ccccc2C(F)(F)F)c1C. The molecule has 0 fully saturated rings. The summed E-state index contributed by atoms with van der Waals surface area (Å²) in [5.41, 5.74) is 0.0229. The maximum atomic E-state index is 12.8. The average molecular weight is 283 g/mol. The lowest BCUT2D eigenvalue weighted by atomic mass is 10.1. The van der Waals surface area contributed by atoms with Crippen molar-refractivity contribution in [1.29, 1.82) is 0 Å². The zero-order valence-corrected chi connectivity index (χ0v) is 10.8. The van der Waals surface area contributed by atoms with Gasteiger partial charge in [0.2, 0.25) is 0 Å². The second-order valence-corrected chi connectivity index (χ2v) is 4.32. The van der Waals surface area contributed by atoms with Gasteiger partial charge in [0.05, 0.1) is 11.1 Å². The van der Waals surface area contributed by atoms with E-state index in [1.54, 1.807) is 13.8 Å². The van der Waals surface area contributed by atoms with E-state index in [4.69, 9.17) is 0 Å². The van der Waals surface area contributed by atoms with Crippen molar-refractivity contribution < 1.29 is 18.0 Å². The Balaban J connectivity index is 2.33. The Bertz CT molecular complexity index is 647. The Kier molecular flexibility index (Phi) is 3.52. The van der Waals surface area contributed by atoms with Gasteiger partial charge in [-0.05, 0) is 26.0 Å². The summed E-state index contributed by atoms with van der Waals surface area (Å²) in [6, 6.07) is 4.63. The fraction of sp³-hybridized carbons (Fsp3) is 0.231. The zero-order chi connectivity index (χ0) is 14.9. The second kappa shape index (κ2) is 4.99. The van der Waals surface area contributed by atoms with Crippen LogP contribution in [0.2, 0.25) is 0 Å². The molecule has 2 N–H and O–H groups in total. The first-order valence-electron chi connectivity index (χ1n) is 5.80. The molecule has 2 rings (SSSR count). The number of benzene rings is 1. The van der Waals surface area contributed by atoms with E-state index in [0.717, 1.165) is 17.8 Å². The van der Waals surface area contributed by atoms with Crippen molar-refractivity contribution in [3.8, 4) is 0 Å². The van der Waals surface area contributed by atoms with Gasteiger partial charge in [-0.25, -0.2) is 0 Å². The number of rotatable bonds is 2. The van der Waals surface area contributed by atoms with E-state index >= 15 is 0 Å². The third-order valence-corrected chi connectivity index (χ3v) is 2.96. The van der Waals surface area contributed by atoms with Crippen LogP contribution in [-0.2, 0) is 6.18 Å². The van der Waals surface area contributed by atoms with Crippen molar-refractivity contribution in [1.82, 2.24) is 10.2 Å². The van der Waals surface area contributed by atoms with Gasteiger partial charge >= 0.3 is 6.18 Å². The molecule has 0 aliphatic heterocycles. The first-order valence-corrected chi connectivity index (χ1v) is 5.80. The van der Waals surface area contributed by atoms with Gasteiger partial charge in [0, 0.05) is 11.3 Å². The van der Waals surface area contributed by atoms with Crippen molar-refractivity contribution >= 4 is 11.7 Å². The van der Waals surface area contributed by atoms with E-state index in [0.29, 0.717) is 5.56 Å². The third kappa shape index (κ3) is 2.66. The van der Waals surface area contributed by atoms with Crippen LogP contribution in [0, 0.1) is 13.8 Å². The van der Waals surface area contributed by atoms with Crippen LogP contribution < -0.4 is 5.32 Å². The minimum atomic E-state index is -4.58. The average Bonchev–Trinajstić information content (AvgIpc) is 2.70. The molecule has 4 nitrogen and oxygen atoms in total. The monoisotopic (exact) mass is 283 g/mol. The highest BCUT2D eigenvalue weighted by molar-refractivity contribution is 6.05. The summed E-state index contributed by atoms with van der Waals surface area (Å²) in [7, 11) is 0. The number of nitrogens with zero attached hydrogens (tertiary/aromatic N) is 1.